The summed E-state index contributed by atoms with van der Waals surface area (Å²) in [6.45, 7) is 9.44. The highest BCUT2D eigenvalue weighted by Crippen LogP contribution is 2.34. The largest absolute Gasteiger partial charge is 0.488 e. The molecule has 1 rings (SSSR count). The van der Waals surface area contributed by atoms with Crippen molar-refractivity contribution in [2.75, 3.05) is 6.61 Å². The summed E-state index contributed by atoms with van der Waals surface area (Å²) >= 11 is 6.16. The third kappa shape index (κ3) is 3.26. The standard InChI is InChI=1S/C13H17ClO2/c1-9(2)8-16-11-7-5-6-10(12(11)14)13(3,4)15/h5-7,15H,1,8H2,2-4H3. The van der Waals surface area contributed by atoms with Crippen LogP contribution in [0.2, 0.25) is 5.02 Å². The average molecular weight is 241 g/mol. The second kappa shape index (κ2) is 4.89. The maximum atomic E-state index is 9.91. The highest BCUT2D eigenvalue weighted by Gasteiger charge is 2.21. The highest BCUT2D eigenvalue weighted by atomic mass is 35.5. The van der Waals surface area contributed by atoms with Crippen LogP contribution in [0.5, 0.6) is 5.75 Å². The number of hydrogen-bond donors (Lipinski definition) is 1. The van der Waals surface area contributed by atoms with E-state index in [0.29, 0.717) is 22.9 Å². The zero-order chi connectivity index (χ0) is 12.3. The van der Waals surface area contributed by atoms with E-state index in [-0.39, 0.29) is 0 Å². The number of halogens is 1. The predicted molar refractivity (Wildman–Crippen MR) is 67.0 cm³/mol. The van der Waals surface area contributed by atoms with E-state index in [9.17, 15) is 5.11 Å². The fraction of sp³-hybridized carbons (Fsp3) is 0.385. The Balaban J connectivity index is 3.00. The summed E-state index contributed by atoms with van der Waals surface area (Å²) in [6.07, 6.45) is 0. The smallest absolute Gasteiger partial charge is 0.138 e. The van der Waals surface area contributed by atoms with Crippen LogP contribution in [0.15, 0.2) is 30.4 Å². The maximum absolute atomic E-state index is 9.91. The molecule has 0 saturated carbocycles. The minimum absolute atomic E-state index is 0.426. The first kappa shape index (κ1) is 13.1. The predicted octanol–water partition coefficient (Wildman–Crippen LogP) is 3.52. The van der Waals surface area contributed by atoms with Gasteiger partial charge in [0.1, 0.15) is 12.4 Å². The SMILES string of the molecule is C=C(C)COc1cccc(C(C)(C)O)c1Cl. The lowest BCUT2D eigenvalue weighted by molar-refractivity contribution is 0.0784. The van der Waals surface area contributed by atoms with E-state index in [2.05, 4.69) is 6.58 Å². The van der Waals surface area contributed by atoms with Gasteiger partial charge in [0.15, 0.2) is 0 Å². The molecule has 0 aromatic heterocycles. The van der Waals surface area contributed by atoms with E-state index in [1.807, 2.05) is 13.0 Å². The van der Waals surface area contributed by atoms with E-state index in [1.165, 1.54) is 0 Å². The first-order chi connectivity index (χ1) is 7.32. The molecule has 88 valence electrons. The van der Waals surface area contributed by atoms with Gasteiger partial charge in [-0.15, -0.1) is 0 Å². The maximum Gasteiger partial charge on any atom is 0.138 e. The Kier molecular flexibility index (Phi) is 4.00. The van der Waals surface area contributed by atoms with Crippen LogP contribution in [-0.4, -0.2) is 11.7 Å². The van der Waals surface area contributed by atoms with Crippen LogP contribution in [0, 0.1) is 0 Å². The van der Waals surface area contributed by atoms with Gasteiger partial charge < -0.3 is 9.84 Å². The molecule has 0 bridgehead atoms. The van der Waals surface area contributed by atoms with Gasteiger partial charge in [0.05, 0.1) is 10.6 Å². The van der Waals surface area contributed by atoms with Crippen molar-refractivity contribution < 1.29 is 9.84 Å². The van der Waals surface area contributed by atoms with Crippen LogP contribution >= 0.6 is 11.6 Å². The number of ether oxygens (including phenoxy) is 1. The fourth-order valence-electron chi connectivity index (χ4n) is 1.30. The summed E-state index contributed by atoms with van der Waals surface area (Å²) in [7, 11) is 0. The van der Waals surface area contributed by atoms with E-state index >= 15 is 0 Å². The van der Waals surface area contributed by atoms with E-state index in [4.69, 9.17) is 16.3 Å². The molecule has 16 heavy (non-hydrogen) atoms. The van der Waals surface area contributed by atoms with Gasteiger partial charge in [-0.3, -0.25) is 0 Å². The number of rotatable bonds is 4. The van der Waals surface area contributed by atoms with Gasteiger partial charge in [0, 0.05) is 5.56 Å². The topological polar surface area (TPSA) is 29.5 Å². The fourth-order valence-corrected chi connectivity index (χ4v) is 1.71. The van der Waals surface area contributed by atoms with Gasteiger partial charge in [-0.1, -0.05) is 30.3 Å². The normalized spacial score (nSPS) is 11.3. The van der Waals surface area contributed by atoms with Crippen molar-refractivity contribution in [2.24, 2.45) is 0 Å². The zero-order valence-electron chi connectivity index (χ0n) is 9.88. The van der Waals surface area contributed by atoms with E-state index < -0.39 is 5.60 Å². The summed E-state index contributed by atoms with van der Waals surface area (Å²) in [4.78, 5) is 0. The van der Waals surface area contributed by atoms with Crippen molar-refractivity contribution >= 4 is 11.6 Å². The molecule has 1 N–H and O–H groups in total. The van der Waals surface area contributed by atoms with Gasteiger partial charge in [-0.05, 0) is 32.4 Å². The van der Waals surface area contributed by atoms with Gasteiger partial charge in [0.25, 0.3) is 0 Å². The van der Waals surface area contributed by atoms with Crippen molar-refractivity contribution in [3.63, 3.8) is 0 Å². The Morgan fingerprint density at radius 1 is 1.50 bits per heavy atom. The second-order valence-corrected chi connectivity index (χ2v) is 4.80. The van der Waals surface area contributed by atoms with Crippen LogP contribution in [0.4, 0.5) is 0 Å². The lowest BCUT2D eigenvalue weighted by Crippen LogP contribution is -2.16. The van der Waals surface area contributed by atoms with Crippen molar-refractivity contribution in [3.05, 3.63) is 40.9 Å². The highest BCUT2D eigenvalue weighted by molar-refractivity contribution is 6.32. The second-order valence-electron chi connectivity index (χ2n) is 4.42. The van der Waals surface area contributed by atoms with Crippen molar-refractivity contribution in [1.29, 1.82) is 0 Å². The summed E-state index contributed by atoms with van der Waals surface area (Å²) in [5.74, 6) is 0.573. The van der Waals surface area contributed by atoms with Crippen LogP contribution in [0.1, 0.15) is 26.3 Å². The molecule has 0 aliphatic heterocycles. The zero-order valence-corrected chi connectivity index (χ0v) is 10.6. The van der Waals surface area contributed by atoms with Crippen LogP contribution in [-0.2, 0) is 5.60 Å². The van der Waals surface area contributed by atoms with Crippen LogP contribution in [0.25, 0.3) is 0 Å². The molecular weight excluding hydrogens is 224 g/mol. The first-order valence-corrected chi connectivity index (χ1v) is 5.48. The van der Waals surface area contributed by atoms with E-state index in [0.717, 1.165) is 5.57 Å². The van der Waals surface area contributed by atoms with Gasteiger partial charge >= 0.3 is 0 Å². The molecule has 3 heteroatoms. The lowest BCUT2D eigenvalue weighted by Gasteiger charge is -2.20. The molecular formula is C13H17ClO2. The molecule has 0 unspecified atom stereocenters. The number of benzene rings is 1. The molecule has 0 atom stereocenters. The molecule has 0 aliphatic carbocycles. The molecule has 0 heterocycles. The Morgan fingerprint density at radius 3 is 2.62 bits per heavy atom. The molecule has 0 saturated heterocycles. The third-order valence-electron chi connectivity index (χ3n) is 2.10. The molecule has 0 radical (unpaired) electrons. The third-order valence-corrected chi connectivity index (χ3v) is 2.49. The van der Waals surface area contributed by atoms with E-state index in [1.54, 1.807) is 26.0 Å². The van der Waals surface area contributed by atoms with Crippen LogP contribution in [0.3, 0.4) is 0 Å². The Hall–Kier alpha value is -0.990. The van der Waals surface area contributed by atoms with Crippen molar-refractivity contribution in [3.8, 4) is 5.75 Å². The molecule has 0 fully saturated rings. The van der Waals surface area contributed by atoms with Crippen LogP contribution < -0.4 is 4.74 Å². The monoisotopic (exact) mass is 240 g/mol. The molecule has 1 aromatic carbocycles. The Morgan fingerprint density at radius 2 is 2.12 bits per heavy atom. The number of aliphatic hydroxyl groups is 1. The Bertz CT molecular complexity index is 391. The van der Waals surface area contributed by atoms with Gasteiger partial charge in [-0.25, -0.2) is 0 Å². The Labute approximate surface area is 102 Å². The lowest BCUT2D eigenvalue weighted by atomic mass is 9.98. The molecule has 1 aromatic rings. The minimum atomic E-state index is -0.973. The summed E-state index contributed by atoms with van der Waals surface area (Å²) in [5, 5.41) is 10.4. The van der Waals surface area contributed by atoms with Gasteiger partial charge in [0.2, 0.25) is 0 Å². The first-order valence-electron chi connectivity index (χ1n) is 5.11. The average Bonchev–Trinajstić information content (AvgIpc) is 2.14. The van der Waals surface area contributed by atoms with Crippen molar-refractivity contribution in [1.82, 2.24) is 0 Å². The molecule has 0 amide bonds. The summed E-state index contributed by atoms with van der Waals surface area (Å²) in [5.41, 5.74) is 0.609. The molecule has 2 nitrogen and oxygen atoms in total. The quantitative estimate of drug-likeness (QED) is 0.816. The molecule has 0 aliphatic rings. The molecule has 0 spiro atoms. The van der Waals surface area contributed by atoms with Gasteiger partial charge in [-0.2, -0.15) is 0 Å². The van der Waals surface area contributed by atoms with Crippen molar-refractivity contribution in [2.45, 2.75) is 26.4 Å². The minimum Gasteiger partial charge on any atom is -0.488 e. The number of hydrogen-bond acceptors (Lipinski definition) is 2. The summed E-state index contributed by atoms with van der Waals surface area (Å²) in [6, 6.07) is 5.38. The summed E-state index contributed by atoms with van der Waals surface area (Å²) < 4.78 is 5.49.